The molecule has 0 unspecified atom stereocenters. The minimum absolute atomic E-state index is 0.357. The van der Waals surface area contributed by atoms with Crippen molar-refractivity contribution in [3.8, 4) is 0 Å². The van der Waals surface area contributed by atoms with E-state index in [9.17, 15) is 4.79 Å². The van der Waals surface area contributed by atoms with Gasteiger partial charge in [0.25, 0.3) is 0 Å². The Morgan fingerprint density at radius 2 is 2.27 bits per heavy atom. The molecule has 0 atom stereocenters. The zero-order valence-corrected chi connectivity index (χ0v) is 10.8. The predicted octanol–water partition coefficient (Wildman–Crippen LogP) is 3.45. The van der Waals surface area contributed by atoms with Gasteiger partial charge in [-0.3, -0.25) is 0 Å². The molecular formula is C11H12BrClO2. The zero-order valence-electron chi connectivity index (χ0n) is 8.43. The molecule has 0 aliphatic carbocycles. The number of esters is 1. The molecular weight excluding hydrogens is 279 g/mol. The fourth-order valence-corrected chi connectivity index (χ4v) is 1.81. The molecule has 0 saturated carbocycles. The van der Waals surface area contributed by atoms with Crippen LogP contribution < -0.4 is 0 Å². The molecule has 0 aliphatic rings. The van der Waals surface area contributed by atoms with Gasteiger partial charge >= 0.3 is 5.97 Å². The van der Waals surface area contributed by atoms with E-state index in [0.29, 0.717) is 10.6 Å². The first-order valence-electron chi connectivity index (χ1n) is 4.61. The topological polar surface area (TPSA) is 26.3 Å². The maximum Gasteiger partial charge on any atom is 0.337 e. The number of hydrogen-bond donors (Lipinski definition) is 0. The number of hydrogen-bond acceptors (Lipinski definition) is 2. The summed E-state index contributed by atoms with van der Waals surface area (Å²) in [5.41, 5.74) is 1.55. The third-order valence-electron chi connectivity index (χ3n) is 2.05. The van der Waals surface area contributed by atoms with E-state index in [1.54, 1.807) is 12.1 Å². The van der Waals surface area contributed by atoms with Crippen LogP contribution >= 0.6 is 27.5 Å². The summed E-state index contributed by atoms with van der Waals surface area (Å²) in [6.07, 6.45) is 1.93. The van der Waals surface area contributed by atoms with Crippen molar-refractivity contribution in [2.75, 3.05) is 12.4 Å². The van der Waals surface area contributed by atoms with Gasteiger partial charge in [-0.1, -0.05) is 33.6 Å². The Morgan fingerprint density at radius 3 is 2.80 bits per heavy atom. The molecule has 4 heteroatoms. The van der Waals surface area contributed by atoms with Crippen LogP contribution in [0.15, 0.2) is 18.2 Å². The number of aryl methyl sites for hydroxylation is 1. The van der Waals surface area contributed by atoms with Crippen molar-refractivity contribution in [2.45, 2.75) is 12.8 Å². The highest BCUT2D eigenvalue weighted by atomic mass is 79.9. The highest BCUT2D eigenvalue weighted by molar-refractivity contribution is 9.09. The molecule has 0 bridgehead atoms. The summed E-state index contributed by atoms with van der Waals surface area (Å²) in [6.45, 7) is 0. The summed E-state index contributed by atoms with van der Waals surface area (Å²) in [5.74, 6) is -0.357. The Morgan fingerprint density at radius 1 is 1.53 bits per heavy atom. The van der Waals surface area contributed by atoms with E-state index in [2.05, 4.69) is 20.7 Å². The number of rotatable bonds is 4. The van der Waals surface area contributed by atoms with Crippen molar-refractivity contribution in [1.29, 1.82) is 0 Å². The molecule has 0 N–H and O–H groups in total. The summed E-state index contributed by atoms with van der Waals surface area (Å²) in [7, 11) is 1.36. The van der Waals surface area contributed by atoms with E-state index >= 15 is 0 Å². The first kappa shape index (κ1) is 12.5. The molecule has 0 heterocycles. The molecule has 2 nitrogen and oxygen atoms in total. The van der Waals surface area contributed by atoms with Crippen LogP contribution in [-0.2, 0) is 11.2 Å². The summed E-state index contributed by atoms with van der Waals surface area (Å²) >= 11 is 9.41. The Bertz CT molecular complexity index is 352. The fraction of sp³-hybridized carbons (Fsp3) is 0.364. The van der Waals surface area contributed by atoms with Gasteiger partial charge in [0, 0.05) is 10.4 Å². The summed E-state index contributed by atoms with van der Waals surface area (Å²) in [5, 5.41) is 1.57. The van der Waals surface area contributed by atoms with E-state index in [1.165, 1.54) is 7.11 Å². The Kier molecular flexibility index (Phi) is 5.12. The average molecular weight is 292 g/mol. The Balaban J connectivity index is 2.83. The van der Waals surface area contributed by atoms with Crippen molar-refractivity contribution in [3.63, 3.8) is 0 Å². The van der Waals surface area contributed by atoms with Gasteiger partial charge in [0.2, 0.25) is 0 Å². The zero-order chi connectivity index (χ0) is 11.3. The summed E-state index contributed by atoms with van der Waals surface area (Å²) < 4.78 is 4.61. The molecule has 0 saturated heterocycles. The van der Waals surface area contributed by atoms with Crippen molar-refractivity contribution in [2.24, 2.45) is 0 Å². The standard InChI is InChI=1S/C11H12BrClO2/c1-15-11(14)9-5-4-8(3-2-6-12)10(13)7-9/h4-5,7H,2-3,6H2,1H3. The third kappa shape index (κ3) is 3.50. The average Bonchev–Trinajstić information content (AvgIpc) is 2.26. The molecule has 0 amide bonds. The van der Waals surface area contributed by atoms with Crippen LogP contribution in [-0.4, -0.2) is 18.4 Å². The van der Waals surface area contributed by atoms with Gasteiger partial charge in [0.15, 0.2) is 0 Å². The van der Waals surface area contributed by atoms with Crippen LogP contribution in [0.3, 0.4) is 0 Å². The quantitative estimate of drug-likeness (QED) is 0.627. The van der Waals surface area contributed by atoms with Gasteiger partial charge in [-0.25, -0.2) is 4.79 Å². The predicted molar refractivity (Wildman–Crippen MR) is 64.9 cm³/mol. The smallest absolute Gasteiger partial charge is 0.337 e. The molecule has 0 radical (unpaired) electrons. The SMILES string of the molecule is COC(=O)c1ccc(CCCBr)c(Cl)c1. The maximum atomic E-state index is 11.2. The van der Waals surface area contributed by atoms with Gasteiger partial charge in [-0.15, -0.1) is 0 Å². The van der Waals surface area contributed by atoms with Crippen molar-refractivity contribution >= 4 is 33.5 Å². The van der Waals surface area contributed by atoms with E-state index in [0.717, 1.165) is 23.7 Å². The minimum atomic E-state index is -0.357. The number of methoxy groups -OCH3 is 1. The lowest BCUT2D eigenvalue weighted by atomic mass is 10.1. The van der Waals surface area contributed by atoms with Crippen LogP contribution in [0.5, 0.6) is 0 Å². The summed E-state index contributed by atoms with van der Waals surface area (Å²) in [4.78, 5) is 11.2. The lowest BCUT2D eigenvalue weighted by molar-refractivity contribution is 0.0600. The minimum Gasteiger partial charge on any atom is -0.465 e. The molecule has 1 aromatic carbocycles. The van der Waals surface area contributed by atoms with Crippen molar-refractivity contribution < 1.29 is 9.53 Å². The second kappa shape index (κ2) is 6.13. The third-order valence-corrected chi connectivity index (χ3v) is 2.97. The number of benzene rings is 1. The van der Waals surface area contributed by atoms with Gasteiger partial charge in [-0.05, 0) is 30.5 Å². The highest BCUT2D eigenvalue weighted by Gasteiger charge is 2.08. The van der Waals surface area contributed by atoms with Crippen LogP contribution in [0.25, 0.3) is 0 Å². The van der Waals surface area contributed by atoms with Crippen LogP contribution in [0, 0.1) is 0 Å². The van der Waals surface area contributed by atoms with Crippen LogP contribution in [0.2, 0.25) is 5.02 Å². The normalized spacial score (nSPS) is 10.1. The molecule has 0 aliphatic heterocycles. The first-order chi connectivity index (χ1) is 7.19. The number of ether oxygens (including phenoxy) is 1. The van der Waals surface area contributed by atoms with Gasteiger partial charge < -0.3 is 4.74 Å². The van der Waals surface area contributed by atoms with E-state index in [1.807, 2.05) is 6.07 Å². The molecule has 0 fully saturated rings. The maximum absolute atomic E-state index is 11.2. The molecule has 1 aromatic rings. The number of halogens is 2. The molecule has 0 aromatic heterocycles. The Labute approximate surface area is 103 Å². The second-order valence-corrected chi connectivity index (χ2v) is 4.29. The van der Waals surface area contributed by atoms with E-state index in [-0.39, 0.29) is 5.97 Å². The van der Waals surface area contributed by atoms with E-state index < -0.39 is 0 Å². The molecule has 0 spiro atoms. The second-order valence-electron chi connectivity index (χ2n) is 3.09. The number of carbonyl (C=O) groups is 1. The number of alkyl halides is 1. The van der Waals surface area contributed by atoms with Crippen LogP contribution in [0.1, 0.15) is 22.3 Å². The first-order valence-corrected chi connectivity index (χ1v) is 6.11. The molecule has 82 valence electrons. The van der Waals surface area contributed by atoms with Gasteiger partial charge in [-0.2, -0.15) is 0 Å². The van der Waals surface area contributed by atoms with Crippen molar-refractivity contribution in [3.05, 3.63) is 34.3 Å². The lowest BCUT2D eigenvalue weighted by Crippen LogP contribution is -2.01. The monoisotopic (exact) mass is 290 g/mol. The Hall–Kier alpha value is -0.540. The highest BCUT2D eigenvalue weighted by Crippen LogP contribution is 2.20. The van der Waals surface area contributed by atoms with Crippen molar-refractivity contribution in [1.82, 2.24) is 0 Å². The lowest BCUT2D eigenvalue weighted by Gasteiger charge is -2.05. The van der Waals surface area contributed by atoms with Gasteiger partial charge in [0.05, 0.1) is 12.7 Å². The molecule has 1 rings (SSSR count). The summed E-state index contributed by atoms with van der Waals surface area (Å²) in [6, 6.07) is 5.26. The van der Waals surface area contributed by atoms with E-state index in [4.69, 9.17) is 11.6 Å². The van der Waals surface area contributed by atoms with Crippen LogP contribution in [0.4, 0.5) is 0 Å². The van der Waals surface area contributed by atoms with Gasteiger partial charge in [0.1, 0.15) is 0 Å². The number of carbonyl (C=O) groups excluding carboxylic acids is 1. The largest absolute Gasteiger partial charge is 0.465 e. The molecule has 15 heavy (non-hydrogen) atoms. The fourth-order valence-electron chi connectivity index (χ4n) is 1.25.